The molecule has 28 heavy (non-hydrogen) atoms. The normalized spacial score (nSPS) is 20.6. The van der Waals surface area contributed by atoms with Gasteiger partial charge < -0.3 is 23.8 Å². The molecule has 7 heteroatoms. The third-order valence-corrected chi connectivity index (χ3v) is 6.52. The molecule has 0 saturated carbocycles. The smallest absolute Gasteiger partial charge is 0.257 e. The topological polar surface area (TPSA) is 57.2 Å². The number of para-hydroxylation sites is 1. The number of fused-ring (bicyclic) bond motifs is 2. The highest BCUT2D eigenvalue weighted by Crippen LogP contribution is 2.41. The molecule has 0 N–H and O–H groups in total. The summed E-state index contributed by atoms with van der Waals surface area (Å²) in [6.45, 7) is 2.69. The minimum Gasteiger partial charge on any atom is -0.486 e. The first-order valence-electron chi connectivity index (χ1n) is 9.48. The molecule has 2 aromatic rings. The number of rotatable bonds is 2. The van der Waals surface area contributed by atoms with Crippen LogP contribution in [-0.2, 0) is 0 Å². The van der Waals surface area contributed by atoms with Crippen molar-refractivity contribution in [2.24, 2.45) is 0 Å². The van der Waals surface area contributed by atoms with Crippen LogP contribution < -0.4 is 18.9 Å². The second-order valence-electron chi connectivity index (χ2n) is 6.88. The Morgan fingerprint density at radius 3 is 2.82 bits per heavy atom. The van der Waals surface area contributed by atoms with Crippen molar-refractivity contribution < 1.29 is 23.7 Å². The van der Waals surface area contributed by atoms with Crippen LogP contribution in [0.25, 0.3) is 0 Å². The van der Waals surface area contributed by atoms with Gasteiger partial charge in [-0.05, 0) is 36.2 Å². The van der Waals surface area contributed by atoms with E-state index in [1.807, 2.05) is 40.9 Å². The fourth-order valence-electron chi connectivity index (χ4n) is 3.77. The lowest BCUT2D eigenvalue weighted by molar-refractivity contribution is 0.0756. The van der Waals surface area contributed by atoms with Gasteiger partial charge in [-0.1, -0.05) is 12.1 Å². The van der Waals surface area contributed by atoms with Gasteiger partial charge in [0.25, 0.3) is 5.91 Å². The maximum Gasteiger partial charge on any atom is 0.257 e. The number of hydrogen-bond donors (Lipinski definition) is 0. The summed E-state index contributed by atoms with van der Waals surface area (Å²) >= 11 is 1.88. The predicted octanol–water partition coefficient (Wildman–Crippen LogP) is 3.51. The van der Waals surface area contributed by atoms with Crippen LogP contribution in [0.3, 0.4) is 0 Å². The number of hydrogen-bond acceptors (Lipinski definition) is 6. The lowest BCUT2D eigenvalue weighted by atomic mass is 10.1. The molecule has 1 unspecified atom stereocenters. The van der Waals surface area contributed by atoms with Crippen molar-refractivity contribution in [3.8, 4) is 23.0 Å². The third kappa shape index (κ3) is 3.24. The number of carbonyl (C=O) groups excluding carboxylic acids is 1. The van der Waals surface area contributed by atoms with E-state index in [0.29, 0.717) is 42.1 Å². The predicted molar refractivity (Wildman–Crippen MR) is 106 cm³/mol. The summed E-state index contributed by atoms with van der Waals surface area (Å²) in [7, 11) is 0. The van der Waals surface area contributed by atoms with Crippen LogP contribution in [0.2, 0.25) is 0 Å². The van der Waals surface area contributed by atoms with E-state index in [2.05, 4.69) is 12.1 Å². The van der Waals surface area contributed by atoms with E-state index >= 15 is 0 Å². The fourth-order valence-corrected chi connectivity index (χ4v) is 4.99. The maximum absolute atomic E-state index is 13.2. The van der Waals surface area contributed by atoms with Gasteiger partial charge in [0, 0.05) is 24.1 Å². The molecule has 0 bridgehead atoms. The van der Waals surface area contributed by atoms with Crippen molar-refractivity contribution in [2.75, 3.05) is 38.8 Å². The number of ether oxygens (including phenoxy) is 4. The first-order chi connectivity index (χ1) is 13.8. The van der Waals surface area contributed by atoms with Crippen molar-refractivity contribution in [1.29, 1.82) is 0 Å². The zero-order valence-electron chi connectivity index (χ0n) is 15.4. The Morgan fingerprint density at radius 1 is 0.964 bits per heavy atom. The summed E-state index contributed by atoms with van der Waals surface area (Å²) in [5.74, 6) is 3.73. The Bertz CT molecular complexity index is 902. The summed E-state index contributed by atoms with van der Waals surface area (Å²) in [6, 6.07) is 11.7. The van der Waals surface area contributed by atoms with Crippen molar-refractivity contribution in [3.63, 3.8) is 0 Å². The summed E-state index contributed by atoms with van der Waals surface area (Å²) in [6.07, 6.45) is 0.891. The second-order valence-corrected chi connectivity index (χ2v) is 8.19. The summed E-state index contributed by atoms with van der Waals surface area (Å²) in [5.41, 5.74) is 1.81. The standard InChI is InChI=1S/C21H21NO5S/c23-21(15-2-1-3-17-20(15)25-10-9-24-17)22-7-6-19(28-11-8-22)14-4-5-16-18(12-14)27-13-26-16/h1-5,12,19H,6-11,13H2. The van der Waals surface area contributed by atoms with E-state index in [-0.39, 0.29) is 12.7 Å². The molecule has 0 radical (unpaired) electrons. The molecule has 2 aromatic carbocycles. The van der Waals surface area contributed by atoms with Gasteiger partial charge in [-0.15, -0.1) is 0 Å². The Kier molecular flexibility index (Phi) is 4.68. The maximum atomic E-state index is 13.2. The van der Waals surface area contributed by atoms with Crippen molar-refractivity contribution in [2.45, 2.75) is 11.7 Å². The molecule has 1 fully saturated rings. The molecule has 146 valence electrons. The number of amides is 1. The van der Waals surface area contributed by atoms with Gasteiger partial charge in [0.05, 0.1) is 5.56 Å². The number of carbonyl (C=O) groups is 1. The fraction of sp³-hybridized carbons (Fsp3) is 0.381. The lowest BCUT2D eigenvalue weighted by Gasteiger charge is -2.24. The van der Waals surface area contributed by atoms with Gasteiger partial charge in [0.1, 0.15) is 13.2 Å². The molecule has 1 amide bonds. The highest BCUT2D eigenvalue weighted by Gasteiger charge is 2.28. The van der Waals surface area contributed by atoms with Crippen molar-refractivity contribution >= 4 is 17.7 Å². The van der Waals surface area contributed by atoms with Gasteiger partial charge in [-0.2, -0.15) is 11.8 Å². The Morgan fingerprint density at radius 2 is 1.86 bits per heavy atom. The highest BCUT2D eigenvalue weighted by atomic mass is 32.2. The Hall–Kier alpha value is -2.54. The highest BCUT2D eigenvalue weighted by molar-refractivity contribution is 7.99. The van der Waals surface area contributed by atoms with Crippen molar-refractivity contribution in [1.82, 2.24) is 4.90 Å². The van der Waals surface area contributed by atoms with Crippen LogP contribution in [0.4, 0.5) is 0 Å². The summed E-state index contributed by atoms with van der Waals surface area (Å²) in [5, 5.41) is 0.330. The van der Waals surface area contributed by atoms with Crippen LogP contribution in [0.5, 0.6) is 23.0 Å². The monoisotopic (exact) mass is 399 g/mol. The molecule has 0 aromatic heterocycles. The SMILES string of the molecule is O=C(c1cccc2c1OCCO2)N1CCSC(c2ccc3c(c2)OCO3)CC1. The Balaban J connectivity index is 1.32. The quantitative estimate of drug-likeness (QED) is 0.770. The van der Waals surface area contributed by atoms with E-state index in [0.717, 1.165) is 30.2 Å². The Labute approximate surface area is 167 Å². The molecule has 3 aliphatic heterocycles. The molecule has 1 saturated heterocycles. The number of thioether (sulfide) groups is 1. The molecule has 1 atom stereocenters. The summed E-state index contributed by atoms with van der Waals surface area (Å²) < 4.78 is 22.3. The van der Waals surface area contributed by atoms with Gasteiger partial charge >= 0.3 is 0 Å². The molecule has 6 nitrogen and oxygen atoms in total. The number of nitrogens with zero attached hydrogens (tertiary/aromatic N) is 1. The van der Waals surface area contributed by atoms with E-state index in [9.17, 15) is 4.79 Å². The molecule has 5 rings (SSSR count). The number of benzene rings is 2. The average Bonchev–Trinajstić information content (AvgIpc) is 3.07. The second kappa shape index (κ2) is 7.47. The van der Waals surface area contributed by atoms with Gasteiger partial charge in [0.15, 0.2) is 23.0 Å². The first kappa shape index (κ1) is 17.6. The third-order valence-electron chi connectivity index (χ3n) is 5.19. The molecular formula is C21H21NO5S. The average molecular weight is 399 g/mol. The molecular weight excluding hydrogens is 378 g/mol. The van der Waals surface area contributed by atoms with Crippen LogP contribution in [0.15, 0.2) is 36.4 Å². The van der Waals surface area contributed by atoms with Gasteiger partial charge in [-0.3, -0.25) is 4.79 Å². The largest absolute Gasteiger partial charge is 0.486 e. The summed E-state index contributed by atoms with van der Waals surface area (Å²) in [4.78, 5) is 15.1. The lowest BCUT2D eigenvalue weighted by Crippen LogP contribution is -2.33. The van der Waals surface area contributed by atoms with E-state index in [4.69, 9.17) is 18.9 Å². The van der Waals surface area contributed by atoms with Crippen LogP contribution in [0, 0.1) is 0 Å². The van der Waals surface area contributed by atoms with Gasteiger partial charge in [0.2, 0.25) is 6.79 Å². The van der Waals surface area contributed by atoms with E-state index in [1.54, 1.807) is 0 Å². The van der Waals surface area contributed by atoms with Crippen molar-refractivity contribution in [3.05, 3.63) is 47.5 Å². The van der Waals surface area contributed by atoms with Crippen LogP contribution >= 0.6 is 11.8 Å². The first-order valence-corrected chi connectivity index (χ1v) is 10.5. The van der Waals surface area contributed by atoms with E-state index in [1.165, 1.54) is 5.56 Å². The zero-order valence-corrected chi connectivity index (χ0v) is 16.2. The van der Waals surface area contributed by atoms with E-state index < -0.39 is 0 Å². The molecule has 3 heterocycles. The minimum absolute atomic E-state index is 0.00860. The zero-order chi connectivity index (χ0) is 18.9. The van der Waals surface area contributed by atoms with Crippen LogP contribution in [-0.4, -0.2) is 49.7 Å². The molecule has 0 spiro atoms. The minimum atomic E-state index is 0.00860. The molecule has 3 aliphatic rings. The van der Waals surface area contributed by atoms with Gasteiger partial charge in [-0.25, -0.2) is 0 Å². The van der Waals surface area contributed by atoms with Crippen LogP contribution in [0.1, 0.15) is 27.6 Å². The molecule has 0 aliphatic carbocycles.